The Morgan fingerprint density at radius 2 is 1.93 bits per heavy atom. The maximum absolute atomic E-state index is 5.73. The van der Waals surface area contributed by atoms with Crippen LogP contribution in [0.25, 0.3) is 0 Å². The third-order valence-corrected chi connectivity index (χ3v) is 2.61. The van der Waals surface area contributed by atoms with Gasteiger partial charge in [0.2, 0.25) is 0 Å². The largest absolute Gasteiger partial charge is 0.381 e. The van der Waals surface area contributed by atoms with Gasteiger partial charge in [0.25, 0.3) is 0 Å². The van der Waals surface area contributed by atoms with Crippen molar-refractivity contribution >= 4 is 5.69 Å². The lowest BCUT2D eigenvalue weighted by atomic mass is 10.1. The quantitative estimate of drug-likeness (QED) is 0.751. The lowest BCUT2D eigenvalue weighted by molar-refractivity contribution is 0.614. The highest BCUT2D eigenvalue weighted by Crippen LogP contribution is 2.12. The van der Waals surface area contributed by atoms with Crippen LogP contribution in [0.4, 0.5) is 5.69 Å². The van der Waals surface area contributed by atoms with Gasteiger partial charge in [0, 0.05) is 18.3 Å². The summed E-state index contributed by atoms with van der Waals surface area (Å²) in [5.41, 5.74) is 8.19. The van der Waals surface area contributed by atoms with Crippen molar-refractivity contribution < 1.29 is 0 Å². The summed E-state index contributed by atoms with van der Waals surface area (Å²) < 4.78 is 0. The number of nitrogens with one attached hydrogen (secondary N) is 1. The van der Waals surface area contributed by atoms with Crippen LogP contribution in [0.1, 0.15) is 31.7 Å². The van der Waals surface area contributed by atoms with E-state index >= 15 is 0 Å². The molecule has 0 heterocycles. The maximum atomic E-state index is 5.73. The summed E-state index contributed by atoms with van der Waals surface area (Å²) in [4.78, 5) is 0. The van der Waals surface area contributed by atoms with Crippen LogP contribution in [0.2, 0.25) is 0 Å². The number of hydrogen-bond donors (Lipinski definition) is 2. The molecule has 0 aliphatic rings. The van der Waals surface area contributed by atoms with E-state index < -0.39 is 0 Å². The standard InChI is InChI=1S/C13H22N2/c1-3-4-5-13(10-14)15-12-8-6-11(2)7-9-12/h6-9,13,15H,3-5,10,14H2,1-2H3. The molecule has 0 saturated heterocycles. The van der Waals surface area contributed by atoms with Gasteiger partial charge >= 0.3 is 0 Å². The van der Waals surface area contributed by atoms with E-state index in [4.69, 9.17) is 5.73 Å². The molecule has 2 nitrogen and oxygen atoms in total. The Morgan fingerprint density at radius 1 is 1.27 bits per heavy atom. The van der Waals surface area contributed by atoms with Gasteiger partial charge in [0.05, 0.1) is 0 Å². The van der Waals surface area contributed by atoms with E-state index in [1.165, 1.54) is 24.1 Å². The molecule has 2 heteroatoms. The van der Waals surface area contributed by atoms with Crippen molar-refractivity contribution in [3.05, 3.63) is 29.8 Å². The van der Waals surface area contributed by atoms with E-state index in [-0.39, 0.29) is 0 Å². The SMILES string of the molecule is CCCCC(CN)Nc1ccc(C)cc1. The van der Waals surface area contributed by atoms with Crippen molar-refractivity contribution in [2.75, 3.05) is 11.9 Å². The number of nitrogens with two attached hydrogens (primary N) is 1. The van der Waals surface area contributed by atoms with Crippen molar-refractivity contribution in [2.24, 2.45) is 5.73 Å². The molecule has 0 amide bonds. The van der Waals surface area contributed by atoms with Crippen LogP contribution in [0, 0.1) is 6.92 Å². The van der Waals surface area contributed by atoms with Crippen LogP contribution in [0.5, 0.6) is 0 Å². The predicted octanol–water partition coefficient (Wildman–Crippen LogP) is 2.92. The molecule has 0 bridgehead atoms. The Balaban J connectivity index is 2.47. The lowest BCUT2D eigenvalue weighted by Crippen LogP contribution is -2.28. The molecule has 0 aliphatic carbocycles. The number of rotatable bonds is 6. The van der Waals surface area contributed by atoms with Crippen LogP contribution >= 0.6 is 0 Å². The molecule has 0 aromatic heterocycles. The molecule has 0 fully saturated rings. The second-order valence-corrected chi connectivity index (χ2v) is 4.09. The summed E-state index contributed by atoms with van der Waals surface area (Å²) in [7, 11) is 0. The van der Waals surface area contributed by atoms with Crippen LogP contribution in [-0.2, 0) is 0 Å². The van der Waals surface area contributed by atoms with Crippen LogP contribution in [0.15, 0.2) is 24.3 Å². The Bertz CT molecular complexity index is 266. The van der Waals surface area contributed by atoms with Gasteiger partial charge in [-0.25, -0.2) is 0 Å². The molecular weight excluding hydrogens is 184 g/mol. The van der Waals surface area contributed by atoms with E-state index in [0.29, 0.717) is 12.6 Å². The molecule has 15 heavy (non-hydrogen) atoms. The van der Waals surface area contributed by atoms with Gasteiger partial charge in [-0.2, -0.15) is 0 Å². The van der Waals surface area contributed by atoms with Gasteiger partial charge in [0.1, 0.15) is 0 Å². The van der Waals surface area contributed by atoms with E-state index in [9.17, 15) is 0 Å². The second-order valence-electron chi connectivity index (χ2n) is 4.09. The summed E-state index contributed by atoms with van der Waals surface area (Å²) in [5, 5.41) is 3.47. The van der Waals surface area contributed by atoms with Crippen LogP contribution < -0.4 is 11.1 Å². The van der Waals surface area contributed by atoms with Gasteiger partial charge in [-0.1, -0.05) is 37.5 Å². The highest BCUT2D eigenvalue weighted by Gasteiger charge is 2.04. The predicted molar refractivity (Wildman–Crippen MR) is 67.2 cm³/mol. The zero-order chi connectivity index (χ0) is 11.1. The first-order chi connectivity index (χ1) is 7.26. The zero-order valence-corrected chi connectivity index (χ0v) is 9.79. The number of benzene rings is 1. The minimum Gasteiger partial charge on any atom is -0.381 e. The molecule has 1 atom stereocenters. The van der Waals surface area contributed by atoms with E-state index in [1.807, 2.05) is 0 Å². The summed E-state index contributed by atoms with van der Waals surface area (Å²) >= 11 is 0. The number of unbranched alkanes of at least 4 members (excludes halogenated alkanes) is 1. The first-order valence-electron chi connectivity index (χ1n) is 5.79. The molecule has 0 radical (unpaired) electrons. The normalized spacial score (nSPS) is 12.5. The van der Waals surface area contributed by atoms with Gasteiger partial charge in [0.15, 0.2) is 0 Å². The van der Waals surface area contributed by atoms with Crippen molar-refractivity contribution in [1.29, 1.82) is 0 Å². The molecule has 1 aromatic rings. The van der Waals surface area contributed by atoms with Crippen molar-refractivity contribution in [2.45, 2.75) is 39.2 Å². The fourth-order valence-corrected chi connectivity index (χ4v) is 1.58. The minimum atomic E-state index is 0.410. The Labute approximate surface area is 92.9 Å². The van der Waals surface area contributed by atoms with Crippen LogP contribution in [0.3, 0.4) is 0 Å². The van der Waals surface area contributed by atoms with E-state index in [0.717, 1.165) is 6.42 Å². The highest BCUT2D eigenvalue weighted by molar-refractivity contribution is 5.45. The van der Waals surface area contributed by atoms with Crippen molar-refractivity contribution in [3.63, 3.8) is 0 Å². The minimum absolute atomic E-state index is 0.410. The second kappa shape index (κ2) is 6.46. The molecule has 1 aromatic carbocycles. The molecule has 0 saturated carbocycles. The van der Waals surface area contributed by atoms with Crippen molar-refractivity contribution in [3.8, 4) is 0 Å². The third-order valence-electron chi connectivity index (χ3n) is 2.61. The van der Waals surface area contributed by atoms with E-state index in [1.54, 1.807) is 0 Å². The average molecular weight is 206 g/mol. The summed E-state index contributed by atoms with van der Waals surface area (Å²) in [5.74, 6) is 0. The smallest absolute Gasteiger partial charge is 0.0383 e. The molecule has 1 unspecified atom stereocenters. The van der Waals surface area contributed by atoms with Gasteiger partial charge in [-0.05, 0) is 25.5 Å². The maximum Gasteiger partial charge on any atom is 0.0383 e. The number of anilines is 1. The molecule has 3 N–H and O–H groups in total. The highest BCUT2D eigenvalue weighted by atomic mass is 14.9. The molecule has 0 spiro atoms. The fraction of sp³-hybridized carbons (Fsp3) is 0.538. The Kier molecular flexibility index (Phi) is 5.19. The first-order valence-corrected chi connectivity index (χ1v) is 5.79. The molecule has 84 valence electrons. The van der Waals surface area contributed by atoms with Crippen LogP contribution in [-0.4, -0.2) is 12.6 Å². The van der Waals surface area contributed by atoms with Gasteiger partial charge < -0.3 is 11.1 Å². The Morgan fingerprint density at radius 3 is 2.47 bits per heavy atom. The molecule has 0 aliphatic heterocycles. The summed E-state index contributed by atoms with van der Waals surface area (Å²) in [6.07, 6.45) is 3.62. The fourth-order valence-electron chi connectivity index (χ4n) is 1.58. The third kappa shape index (κ3) is 4.34. The van der Waals surface area contributed by atoms with E-state index in [2.05, 4.69) is 43.4 Å². The average Bonchev–Trinajstić information content (AvgIpc) is 2.27. The first kappa shape index (κ1) is 12.1. The van der Waals surface area contributed by atoms with Gasteiger partial charge in [-0.15, -0.1) is 0 Å². The number of aryl methyl sites for hydroxylation is 1. The summed E-state index contributed by atoms with van der Waals surface area (Å²) in [6.45, 7) is 5.01. The topological polar surface area (TPSA) is 38.0 Å². The lowest BCUT2D eigenvalue weighted by Gasteiger charge is -2.17. The number of hydrogen-bond acceptors (Lipinski definition) is 2. The molecular formula is C13H22N2. The zero-order valence-electron chi connectivity index (χ0n) is 9.79. The Hall–Kier alpha value is -1.02. The molecule has 1 rings (SSSR count). The van der Waals surface area contributed by atoms with Crippen molar-refractivity contribution in [1.82, 2.24) is 0 Å². The van der Waals surface area contributed by atoms with Gasteiger partial charge in [-0.3, -0.25) is 0 Å². The summed E-state index contributed by atoms with van der Waals surface area (Å²) in [6, 6.07) is 8.88. The monoisotopic (exact) mass is 206 g/mol.